The van der Waals surface area contributed by atoms with Gasteiger partial charge in [0.25, 0.3) is 0 Å². The first kappa shape index (κ1) is 13.7. The van der Waals surface area contributed by atoms with Gasteiger partial charge in [0.15, 0.2) is 5.82 Å². The Morgan fingerprint density at radius 3 is 2.50 bits per heavy atom. The summed E-state index contributed by atoms with van der Waals surface area (Å²) in [5.41, 5.74) is 1.63. The summed E-state index contributed by atoms with van der Waals surface area (Å²) in [5.74, 6) is -1.20. The number of carbonyl (C=O) groups is 2. The van der Waals surface area contributed by atoms with Crippen molar-refractivity contribution in [2.75, 3.05) is 5.32 Å². The second-order valence-corrected chi connectivity index (χ2v) is 4.29. The minimum atomic E-state index is -0.761. The van der Waals surface area contributed by atoms with Crippen molar-refractivity contribution in [1.29, 1.82) is 0 Å². The van der Waals surface area contributed by atoms with Gasteiger partial charge < -0.3 is 10.6 Å². The number of anilines is 1. The number of tetrazole rings is 1. The van der Waals surface area contributed by atoms with E-state index in [1.165, 1.54) is 0 Å². The number of H-pyrrole nitrogens is 1. The quantitative estimate of drug-likeness (QED) is 0.698. The summed E-state index contributed by atoms with van der Waals surface area (Å²) in [6, 6.07) is 6.63. The predicted molar refractivity (Wildman–Crippen MR) is 70.5 cm³/mol. The Labute approximate surface area is 115 Å². The van der Waals surface area contributed by atoms with Gasteiger partial charge in [0, 0.05) is 5.69 Å². The molecule has 2 aromatic rings. The largest absolute Gasteiger partial charge is 0.338 e. The van der Waals surface area contributed by atoms with Crippen molar-refractivity contribution in [1.82, 2.24) is 25.9 Å². The Hall–Kier alpha value is -2.77. The number of aryl methyl sites for hydroxylation is 1. The summed E-state index contributed by atoms with van der Waals surface area (Å²) in [5, 5.41) is 18.1. The van der Waals surface area contributed by atoms with Gasteiger partial charge >= 0.3 is 11.8 Å². The average molecular weight is 274 g/mol. The number of hydrogen-bond acceptors (Lipinski definition) is 5. The van der Waals surface area contributed by atoms with E-state index in [0.717, 1.165) is 5.56 Å². The number of carbonyl (C=O) groups excluding carboxylic acids is 2. The molecule has 0 spiro atoms. The molecule has 2 rings (SSSR count). The molecule has 8 nitrogen and oxygen atoms in total. The molecule has 2 amide bonds. The lowest BCUT2D eigenvalue weighted by atomic mass is 10.2. The van der Waals surface area contributed by atoms with E-state index >= 15 is 0 Å². The molecule has 0 saturated carbocycles. The van der Waals surface area contributed by atoms with Gasteiger partial charge in [0.2, 0.25) is 0 Å². The lowest BCUT2D eigenvalue weighted by Crippen LogP contribution is -2.37. The first-order chi connectivity index (χ1) is 9.56. The van der Waals surface area contributed by atoms with Crippen LogP contribution in [0.4, 0.5) is 5.69 Å². The van der Waals surface area contributed by atoms with Gasteiger partial charge in [0.1, 0.15) is 0 Å². The standard InChI is InChI=1S/C12H14N6O2/c1-7-3-5-9(6-4-7)14-12(20)11(19)13-8(2)10-15-17-18-16-10/h3-6,8H,1-2H3,(H,13,19)(H,14,20)(H,15,16,17,18). The predicted octanol–water partition coefficient (Wildman–Crippen LogP) is 0.324. The Morgan fingerprint density at radius 1 is 1.20 bits per heavy atom. The second-order valence-electron chi connectivity index (χ2n) is 4.29. The highest BCUT2D eigenvalue weighted by Gasteiger charge is 2.19. The normalized spacial score (nSPS) is 11.7. The van der Waals surface area contributed by atoms with Gasteiger partial charge in [-0.05, 0) is 26.0 Å². The van der Waals surface area contributed by atoms with Gasteiger partial charge in [-0.15, -0.1) is 10.2 Å². The lowest BCUT2D eigenvalue weighted by molar-refractivity contribution is -0.136. The van der Waals surface area contributed by atoms with Crippen LogP contribution in [0, 0.1) is 6.92 Å². The van der Waals surface area contributed by atoms with E-state index in [1.54, 1.807) is 19.1 Å². The number of aromatic nitrogens is 4. The smallest absolute Gasteiger partial charge is 0.313 e. The van der Waals surface area contributed by atoms with E-state index in [9.17, 15) is 9.59 Å². The van der Waals surface area contributed by atoms with Crippen LogP contribution in [0.1, 0.15) is 24.4 Å². The fourth-order valence-corrected chi connectivity index (χ4v) is 1.50. The van der Waals surface area contributed by atoms with Crippen LogP contribution < -0.4 is 10.6 Å². The molecule has 1 heterocycles. The van der Waals surface area contributed by atoms with E-state index in [1.807, 2.05) is 19.1 Å². The molecule has 0 aliphatic heterocycles. The second kappa shape index (κ2) is 5.91. The van der Waals surface area contributed by atoms with Gasteiger partial charge in [0.05, 0.1) is 6.04 Å². The van der Waals surface area contributed by atoms with Crippen LogP contribution in [-0.2, 0) is 9.59 Å². The fraction of sp³-hybridized carbons (Fsp3) is 0.250. The van der Waals surface area contributed by atoms with Crippen LogP contribution in [0.2, 0.25) is 0 Å². The summed E-state index contributed by atoms with van der Waals surface area (Å²) < 4.78 is 0. The molecule has 0 saturated heterocycles. The average Bonchev–Trinajstić information content (AvgIpc) is 2.95. The highest BCUT2D eigenvalue weighted by atomic mass is 16.2. The third-order valence-corrected chi connectivity index (χ3v) is 2.61. The lowest BCUT2D eigenvalue weighted by Gasteiger charge is -2.10. The highest BCUT2D eigenvalue weighted by molar-refractivity contribution is 6.39. The molecule has 1 unspecified atom stereocenters. The fourth-order valence-electron chi connectivity index (χ4n) is 1.50. The number of benzene rings is 1. The molecule has 104 valence electrons. The molecule has 1 aromatic heterocycles. The van der Waals surface area contributed by atoms with Gasteiger partial charge in [-0.3, -0.25) is 9.59 Å². The summed E-state index contributed by atoms with van der Waals surface area (Å²) in [4.78, 5) is 23.4. The molecular formula is C12H14N6O2. The highest BCUT2D eigenvalue weighted by Crippen LogP contribution is 2.08. The maximum atomic E-state index is 11.7. The number of aromatic amines is 1. The van der Waals surface area contributed by atoms with Crippen molar-refractivity contribution >= 4 is 17.5 Å². The van der Waals surface area contributed by atoms with Gasteiger partial charge in [-0.2, -0.15) is 5.21 Å². The maximum Gasteiger partial charge on any atom is 0.313 e. The maximum absolute atomic E-state index is 11.7. The van der Waals surface area contributed by atoms with Crippen molar-refractivity contribution in [3.8, 4) is 0 Å². The first-order valence-corrected chi connectivity index (χ1v) is 5.98. The first-order valence-electron chi connectivity index (χ1n) is 5.98. The molecule has 0 radical (unpaired) electrons. The van der Waals surface area contributed by atoms with E-state index in [4.69, 9.17) is 0 Å². The minimum absolute atomic E-state index is 0.307. The van der Waals surface area contributed by atoms with Crippen molar-refractivity contribution in [3.63, 3.8) is 0 Å². The van der Waals surface area contributed by atoms with Crippen LogP contribution in [0.3, 0.4) is 0 Å². The van der Waals surface area contributed by atoms with Crippen molar-refractivity contribution in [2.24, 2.45) is 0 Å². The van der Waals surface area contributed by atoms with E-state index in [-0.39, 0.29) is 0 Å². The number of nitrogens with one attached hydrogen (secondary N) is 3. The SMILES string of the molecule is Cc1ccc(NC(=O)C(=O)NC(C)c2nn[nH]n2)cc1. The Balaban J connectivity index is 1.92. The molecule has 0 aliphatic rings. The number of nitrogens with zero attached hydrogens (tertiary/aromatic N) is 3. The molecular weight excluding hydrogens is 260 g/mol. The summed E-state index contributed by atoms with van der Waals surface area (Å²) >= 11 is 0. The van der Waals surface area contributed by atoms with Gasteiger partial charge in [-0.1, -0.05) is 22.9 Å². The van der Waals surface area contributed by atoms with Crippen molar-refractivity contribution in [2.45, 2.75) is 19.9 Å². The molecule has 0 bridgehead atoms. The Morgan fingerprint density at radius 2 is 1.90 bits per heavy atom. The Bertz CT molecular complexity index is 593. The zero-order chi connectivity index (χ0) is 14.5. The zero-order valence-electron chi connectivity index (χ0n) is 11.0. The van der Waals surface area contributed by atoms with Crippen LogP contribution in [0.15, 0.2) is 24.3 Å². The molecule has 3 N–H and O–H groups in total. The molecule has 1 aromatic carbocycles. The van der Waals surface area contributed by atoms with Gasteiger partial charge in [-0.25, -0.2) is 0 Å². The molecule has 8 heteroatoms. The number of amides is 2. The minimum Gasteiger partial charge on any atom is -0.338 e. The third kappa shape index (κ3) is 3.37. The molecule has 0 aliphatic carbocycles. The number of rotatable bonds is 3. The monoisotopic (exact) mass is 274 g/mol. The summed E-state index contributed by atoms with van der Waals surface area (Å²) in [6.45, 7) is 3.59. The molecule has 20 heavy (non-hydrogen) atoms. The molecule has 1 atom stereocenters. The van der Waals surface area contributed by atoms with Crippen LogP contribution in [0.25, 0.3) is 0 Å². The summed E-state index contributed by atoms with van der Waals surface area (Å²) in [6.07, 6.45) is 0. The summed E-state index contributed by atoms with van der Waals surface area (Å²) in [7, 11) is 0. The zero-order valence-corrected chi connectivity index (χ0v) is 11.0. The van der Waals surface area contributed by atoms with Crippen molar-refractivity contribution < 1.29 is 9.59 Å². The van der Waals surface area contributed by atoms with E-state index < -0.39 is 17.9 Å². The van der Waals surface area contributed by atoms with E-state index in [0.29, 0.717) is 11.5 Å². The van der Waals surface area contributed by atoms with Crippen LogP contribution in [-0.4, -0.2) is 32.4 Å². The Kier molecular flexibility index (Phi) is 4.04. The molecule has 0 fully saturated rings. The number of hydrogen-bond donors (Lipinski definition) is 3. The topological polar surface area (TPSA) is 113 Å². The van der Waals surface area contributed by atoms with Crippen LogP contribution >= 0.6 is 0 Å². The van der Waals surface area contributed by atoms with Crippen LogP contribution in [0.5, 0.6) is 0 Å². The third-order valence-electron chi connectivity index (χ3n) is 2.61. The van der Waals surface area contributed by atoms with E-state index in [2.05, 4.69) is 31.3 Å². The van der Waals surface area contributed by atoms with Crippen molar-refractivity contribution in [3.05, 3.63) is 35.7 Å².